The summed E-state index contributed by atoms with van der Waals surface area (Å²) in [5, 5.41) is 0. The summed E-state index contributed by atoms with van der Waals surface area (Å²) in [4.78, 5) is 2.37. The molecule has 1 saturated heterocycles. The maximum Gasteiger partial charge on any atom is 0.130 e. The van der Waals surface area contributed by atoms with E-state index in [0.29, 0.717) is 6.04 Å². The van der Waals surface area contributed by atoms with Crippen LogP contribution in [0.1, 0.15) is 20.3 Å². The van der Waals surface area contributed by atoms with Gasteiger partial charge in [0.1, 0.15) is 6.10 Å². The molecule has 0 aromatic rings. The van der Waals surface area contributed by atoms with Crippen LogP contribution >= 0.6 is 0 Å². The van der Waals surface area contributed by atoms with Gasteiger partial charge in [0, 0.05) is 25.7 Å². The van der Waals surface area contributed by atoms with Gasteiger partial charge in [-0.15, -0.1) is 6.42 Å². The third-order valence-corrected chi connectivity index (χ3v) is 2.23. The average Bonchev–Trinajstić information content (AvgIpc) is 2.28. The molecule has 0 aromatic carbocycles. The van der Waals surface area contributed by atoms with E-state index in [9.17, 15) is 0 Å². The highest BCUT2D eigenvalue weighted by Crippen LogP contribution is 2.08. The smallest absolute Gasteiger partial charge is 0.130 e. The lowest BCUT2D eigenvalue weighted by atomic mass is 10.2. The van der Waals surface area contributed by atoms with Crippen LogP contribution in [0.5, 0.6) is 0 Å². The third kappa shape index (κ3) is 2.51. The molecule has 0 N–H and O–H groups in total. The molecular formula is C10H17NO. The fourth-order valence-electron chi connectivity index (χ4n) is 1.42. The minimum atomic E-state index is -0.00472. The zero-order chi connectivity index (χ0) is 8.97. The first-order chi connectivity index (χ1) is 5.74. The first-order valence-electron chi connectivity index (χ1n) is 4.56. The molecule has 1 aliphatic rings. The van der Waals surface area contributed by atoms with Crippen molar-refractivity contribution < 1.29 is 4.74 Å². The molecule has 1 fully saturated rings. The van der Waals surface area contributed by atoms with E-state index < -0.39 is 0 Å². The Morgan fingerprint density at radius 1 is 1.58 bits per heavy atom. The number of hydrogen-bond donors (Lipinski definition) is 0. The monoisotopic (exact) mass is 167 g/mol. The number of terminal acetylenes is 1. The van der Waals surface area contributed by atoms with E-state index in [1.165, 1.54) is 0 Å². The van der Waals surface area contributed by atoms with Gasteiger partial charge in [-0.05, 0) is 20.3 Å². The summed E-state index contributed by atoms with van der Waals surface area (Å²) in [5.74, 6) is 2.66. The van der Waals surface area contributed by atoms with Crippen LogP contribution in [0.2, 0.25) is 0 Å². The number of hydrogen-bond acceptors (Lipinski definition) is 2. The van der Waals surface area contributed by atoms with Gasteiger partial charge in [-0.25, -0.2) is 0 Å². The van der Waals surface area contributed by atoms with Gasteiger partial charge in [0.15, 0.2) is 0 Å². The van der Waals surface area contributed by atoms with Crippen LogP contribution in [-0.2, 0) is 4.74 Å². The Morgan fingerprint density at radius 2 is 2.33 bits per heavy atom. The summed E-state index contributed by atoms with van der Waals surface area (Å²) < 4.78 is 5.45. The molecule has 0 saturated carbocycles. The molecule has 1 aliphatic heterocycles. The number of nitrogens with zero attached hydrogens (tertiary/aromatic N) is 1. The molecule has 0 aliphatic carbocycles. The lowest BCUT2D eigenvalue weighted by Crippen LogP contribution is -2.36. The summed E-state index contributed by atoms with van der Waals surface area (Å²) >= 11 is 0. The van der Waals surface area contributed by atoms with Crippen molar-refractivity contribution in [1.82, 2.24) is 4.90 Å². The van der Waals surface area contributed by atoms with E-state index in [-0.39, 0.29) is 6.10 Å². The van der Waals surface area contributed by atoms with E-state index in [2.05, 4.69) is 24.7 Å². The van der Waals surface area contributed by atoms with E-state index in [4.69, 9.17) is 11.2 Å². The molecule has 2 heteroatoms. The zero-order valence-corrected chi connectivity index (χ0v) is 7.92. The normalized spacial score (nSPS) is 26.7. The van der Waals surface area contributed by atoms with Crippen molar-refractivity contribution in [3.05, 3.63) is 0 Å². The predicted molar refractivity (Wildman–Crippen MR) is 49.9 cm³/mol. The molecule has 0 amide bonds. The Hall–Kier alpha value is -0.520. The van der Waals surface area contributed by atoms with Crippen molar-refractivity contribution in [2.24, 2.45) is 0 Å². The van der Waals surface area contributed by atoms with Crippen LogP contribution < -0.4 is 0 Å². The molecule has 0 bridgehead atoms. The highest BCUT2D eigenvalue weighted by atomic mass is 16.5. The first kappa shape index (κ1) is 9.57. The molecule has 0 radical (unpaired) electrons. The van der Waals surface area contributed by atoms with Crippen LogP contribution in [0.25, 0.3) is 0 Å². The zero-order valence-electron chi connectivity index (χ0n) is 7.92. The van der Waals surface area contributed by atoms with Gasteiger partial charge >= 0.3 is 0 Å². The SMILES string of the molecule is C#C[C@H]1CN(C(C)C)CCCO1. The van der Waals surface area contributed by atoms with Crippen molar-refractivity contribution in [3.8, 4) is 12.3 Å². The molecule has 2 nitrogen and oxygen atoms in total. The van der Waals surface area contributed by atoms with Gasteiger partial charge in [-0.3, -0.25) is 4.90 Å². The lowest BCUT2D eigenvalue weighted by molar-refractivity contribution is 0.0891. The first-order valence-corrected chi connectivity index (χ1v) is 4.56. The summed E-state index contributed by atoms with van der Waals surface area (Å²) in [6, 6.07) is 0.572. The molecule has 1 atom stereocenters. The van der Waals surface area contributed by atoms with E-state index in [1.54, 1.807) is 0 Å². The topological polar surface area (TPSA) is 12.5 Å². The Morgan fingerprint density at radius 3 is 2.92 bits per heavy atom. The van der Waals surface area contributed by atoms with Crippen molar-refractivity contribution in [2.75, 3.05) is 19.7 Å². The summed E-state index contributed by atoms with van der Waals surface area (Å²) in [6.45, 7) is 7.18. The maximum atomic E-state index is 5.45. The molecule has 68 valence electrons. The predicted octanol–water partition coefficient (Wildman–Crippen LogP) is 1.12. The van der Waals surface area contributed by atoms with Crippen molar-refractivity contribution in [1.29, 1.82) is 0 Å². The summed E-state index contributed by atoms with van der Waals surface area (Å²) in [5.41, 5.74) is 0. The highest BCUT2D eigenvalue weighted by Gasteiger charge is 2.18. The minimum Gasteiger partial charge on any atom is -0.364 e. The largest absolute Gasteiger partial charge is 0.364 e. The van der Waals surface area contributed by atoms with E-state index in [0.717, 1.165) is 26.1 Å². The van der Waals surface area contributed by atoms with Gasteiger partial charge in [-0.1, -0.05) is 5.92 Å². The molecule has 0 aromatic heterocycles. The Labute approximate surface area is 74.9 Å². The van der Waals surface area contributed by atoms with Crippen molar-refractivity contribution in [2.45, 2.75) is 32.4 Å². The van der Waals surface area contributed by atoms with Gasteiger partial charge in [0.05, 0.1) is 0 Å². The van der Waals surface area contributed by atoms with Crippen molar-refractivity contribution >= 4 is 0 Å². The molecular weight excluding hydrogens is 150 g/mol. The van der Waals surface area contributed by atoms with E-state index in [1.807, 2.05) is 0 Å². The van der Waals surface area contributed by atoms with Crippen LogP contribution in [0, 0.1) is 12.3 Å². The highest BCUT2D eigenvalue weighted by molar-refractivity contribution is 4.97. The maximum absolute atomic E-state index is 5.45. The number of rotatable bonds is 1. The standard InChI is InChI=1S/C10H17NO/c1-4-10-8-11(9(2)3)6-5-7-12-10/h1,9-10H,5-8H2,2-3H3/t10-/m0/s1. The minimum absolute atomic E-state index is 0.00472. The van der Waals surface area contributed by atoms with Gasteiger partial charge in [0.2, 0.25) is 0 Å². The molecule has 0 unspecified atom stereocenters. The Balaban J connectivity index is 2.49. The fraction of sp³-hybridized carbons (Fsp3) is 0.800. The van der Waals surface area contributed by atoms with Crippen LogP contribution in [-0.4, -0.2) is 36.7 Å². The second kappa shape index (κ2) is 4.49. The Bertz CT molecular complexity index is 171. The second-order valence-corrected chi connectivity index (χ2v) is 3.47. The summed E-state index contributed by atoms with van der Waals surface area (Å²) in [7, 11) is 0. The third-order valence-electron chi connectivity index (χ3n) is 2.23. The lowest BCUT2D eigenvalue weighted by Gasteiger charge is -2.25. The molecule has 1 rings (SSSR count). The average molecular weight is 167 g/mol. The quantitative estimate of drug-likeness (QED) is 0.543. The van der Waals surface area contributed by atoms with Crippen LogP contribution in [0.4, 0.5) is 0 Å². The van der Waals surface area contributed by atoms with Crippen molar-refractivity contribution in [3.63, 3.8) is 0 Å². The van der Waals surface area contributed by atoms with Gasteiger partial charge < -0.3 is 4.74 Å². The fourth-order valence-corrected chi connectivity index (χ4v) is 1.42. The van der Waals surface area contributed by atoms with Gasteiger partial charge in [0.25, 0.3) is 0 Å². The van der Waals surface area contributed by atoms with Gasteiger partial charge in [-0.2, -0.15) is 0 Å². The number of ether oxygens (including phenoxy) is 1. The molecule has 1 heterocycles. The second-order valence-electron chi connectivity index (χ2n) is 3.47. The van der Waals surface area contributed by atoms with Crippen LogP contribution in [0.3, 0.4) is 0 Å². The molecule has 0 spiro atoms. The van der Waals surface area contributed by atoms with E-state index >= 15 is 0 Å². The van der Waals surface area contributed by atoms with Crippen LogP contribution in [0.15, 0.2) is 0 Å². The summed E-state index contributed by atoms with van der Waals surface area (Å²) in [6.07, 6.45) is 6.42. The molecule has 12 heavy (non-hydrogen) atoms. The Kier molecular flexibility index (Phi) is 3.58.